The third-order valence-corrected chi connectivity index (χ3v) is 6.71. The molecule has 4 rings (SSSR count). The first-order valence-electron chi connectivity index (χ1n) is 11.4. The van der Waals surface area contributed by atoms with Crippen LogP contribution in [0.3, 0.4) is 0 Å². The highest BCUT2D eigenvalue weighted by Gasteiger charge is 2.37. The molecule has 1 N–H and O–H groups in total. The van der Waals surface area contributed by atoms with Crippen molar-refractivity contribution < 1.29 is 28.7 Å². The summed E-state index contributed by atoms with van der Waals surface area (Å²) < 4.78 is 12.1. The molecule has 2 fully saturated rings. The van der Waals surface area contributed by atoms with Gasteiger partial charge in [0, 0.05) is 56.0 Å². The Hall–Kier alpha value is -3.15. The number of aromatic nitrogens is 1. The summed E-state index contributed by atoms with van der Waals surface area (Å²) in [7, 11) is 1.62. The van der Waals surface area contributed by atoms with E-state index in [2.05, 4.69) is 5.32 Å². The van der Waals surface area contributed by atoms with E-state index in [1.54, 1.807) is 24.3 Å². The highest BCUT2D eigenvalue weighted by Crippen LogP contribution is 2.34. The van der Waals surface area contributed by atoms with E-state index in [1.807, 2.05) is 28.8 Å². The smallest absolute Gasteiger partial charge is 0.294 e. The van der Waals surface area contributed by atoms with Crippen molar-refractivity contribution in [1.82, 2.24) is 19.7 Å². The molecule has 186 valence electrons. The standard InChI is InChI=1S/C24H28N4O6S/c1-33-10-4-7-25-21(29)15-27-14-17(18-5-2-3-6-19(18)27)13-20-23(31)28(24(32)35-20)16-22(30)26-8-11-34-12-9-26/h2-3,5-6,13-14H,4,7-12,15-16H2,1H3,(H,25,29)/b20-13-. The monoisotopic (exact) mass is 500 g/mol. The molecule has 35 heavy (non-hydrogen) atoms. The van der Waals surface area contributed by atoms with Gasteiger partial charge in [0.2, 0.25) is 11.8 Å². The minimum atomic E-state index is -0.491. The van der Waals surface area contributed by atoms with Crippen molar-refractivity contribution in [2.45, 2.75) is 13.0 Å². The maximum absolute atomic E-state index is 13.0. The van der Waals surface area contributed by atoms with Gasteiger partial charge in [-0.1, -0.05) is 18.2 Å². The second-order valence-corrected chi connectivity index (χ2v) is 9.18. The van der Waals surface area contributed by atoms with Gasteiger partial charge < -0.3 is 24.3 Å². The van der Waals surface area contributed by atoms with E-state index >= 15 is 0 Å². The SMILES string of the molecule is COCCCNC(=O)Cn1cc(/C=C2\SC(=O)N(CC(=O)N3CCOCC3)C2=O)c2ccccc21. The fraction of sp³-hybridized carbons (Fsp3) is 0.417. The van der Waals surface area contributed by atoms with Gasteiger partial charge in [-0.3, -0.25) is 24.1 Å². The highest BCUT2D eigenvalue weighted by molar-refractivity contribution is 8.18. The number of rotatable bonds is 9. The molecular weight excluding hydrogens is 472 g/mol. The van der Waals surface area contributed by atoms with Crippen LogP contribution in [-0.4, -0.2) is 90.4 Å². The van der Waals surface area contributed by atoms with Gasteiger partial charge in [-0.15, -0.1) is 0 Å². The van der Waals surface area contributed by atoms with Crippen LogP contribution in [0.25, 0.3) is 17.0 Å². The number of fused-ring (bicyclic) bond motifs is 1. The van der Waals surface area contributed by atoms with E-state index in [9.17, 15) is 19.2 Å². The Balaban J connectivity index is 1.49. The lowest BCUT2D eigenvalue weighted by Crippen LogP contribution is -2.46. The van der Waals surface area contributed by atoms with Crippen molar-refractivity contribution >= 4 is 51.7 Å². The normalized spacial score (nSPS) is 17.6. The Kier molecular flexibility index (Phi) is 8.21. The molecule has 0 aliphatic carbocycles. The van der Waals surface area contributed by atoms with Crippen molar-refractivity contribution in [3.05, 3.63) is 40.9 Å². The van der Waals surface area contributed by atoms with E-state index in [0.29, 0.717) is 39.5 Å². The summed E-state index contributed by atoms with van der Waals surface area (Å²) in [5.41, 5.74) is 1.56. The molecule has 0 spiro atoms. The van der Waals surface area contributed by atoms with Crippen LogP contribution in [0, 0.1) is 0 Å². The Morgan fingerprint density at radius 2 is 1.94 bits per heavy atom. The summed E-state index contributed by atoms with van der Waals surface area (Å²) in [5, 5.41) is 3.26. The Labute approximate surface area is 207 Å². The number of carbonyl (C=O) groups excluding carboxylic acids is 4. The molecule has 4 amide bonds. The predicted octanol–water partition coefficient (Wildman–Crippen LogP) is 1.69. The maximum atomic E-state index is 13.0. The first kappa shape index (κ1) is 25.0. The van der Waals surface area contributed by atoms with Gasteiger partial charge in [0.15, 0.2) is 0 Å². The second kappa shape index (κ2) is 11.5. The molecule has 1 aromatic heterocycles. The first-order chi connectivity index (χ1) is 17.0. The van der Waals surface area contributed by atoms with E-state index in [4.69, 9.17) is 9.47 Å². The molecule has 3 heterocycles. The molecule has 0 unspecified atom stereocenters. The van der Waals surface area contributed by atoms with Crippen LogP contribution in [0.5, 0.6) is 0 Å². The predicted molar refractivity (Wildman–Crippen MR) is 132 cm³/mol. The largest absolute Gasteiger partial charge is 0.385 e. The zero-order valence-corrected chi connectivity index (χ0v) is 20.3. The van der Waals surface area contributed by atoms with Gasteiger partial charge in [-0.2, -0.15) is 0 Å². The molecule has 1 aromatic carbocycles. The van der Waals surface area contributed by atoms with Gasteiger partial charge in [0.05, 0.1) is 18.1 Å². The van der Waals surface area contributed by atoms with Crippen LogP contribution in [0.1, 0.15) is 12.0 Å². The number of morpholine rings is 1. The average molecular weight is 501 g/mol. The van der Waals surface area contributed by atoms with E-state index < -0.39 is 11.1 Å². The molecular formula is C24H28N4O6S. The highest BCUT2D eigenvalue weighted by atomic mass is 32.2. The molecule has 2 saturated heterocycles. The molecule has 0 radical (unpaired) electrons. The number of carbonyl (C=O) groups is 4. The molecule has 10 nitrogen and oxygen atoms in total. The summed E-state index contributed by atoms with van der Waals surface area (Å²) in [6.07, 6.45) is 4.18. The third-order valence-electron chi connectivity index (χ3n) is 5.80. The van der Waals surface area contributed by atoms with Crippen molar-refractivity contribution in [3.63, 3.8) is 0 Å². The van der Waals surface area contributed by atoms with E-state index in [0.717, 1.165) is 39.5 Å². The van der Waals surface area contributed by atoms with Crippen molar-refractivity contribution in [2.75, 3.05) is 53.1 Å². The van der Waals surface area contributed by atoms with Crippen LogP contribution < -0.4 is 5.32 Å². The summed E-state index contributed by atoms with van der Waals surface area (Å²) in [6.45, 7) is 2.73. The van der Waals surface area contributed by atoms with Gasteiger partial charge in [-0.05, 0) is 30.3 Å². The average Bonchev–Trinajstić information content (AvgIpc) is 3.34. The summed E-state index contributed by atoms with van der Waals surface area (Å²) in [6, 6.07) is 7.56. The number of hydrogen-bond donors (Lipinski definition) is 1. The lowest BCUT2D eigenvalue weighted by Gasteiger charge is -2.28. The Morgan fingerprint density at radius 1 is 1.17 bits per heavy atom. The fourth-order valence-electron chi connectivity index (χ4n) is 4.00. The Morgan fingerprint density at radius 3 is 2.71 bits per heavy atom. The van der Waals surface area contributed by atoms with Crippen LogP contribution >= 0.6 is 11.8 Å². The molecule has 2 aromatic rings. The number of nitrogens with zero attached hydrogens (tertiary/aromatic N) is 3. The molecule has 2 aliphatic heterocycles. The number of hydrogen-bond acceptors (Lipinski definition) is 7. The second-order valence-electron chi connectivity index (χ2n) is 8.19. The fourth-order valence-corrected chi connectivity index (χ4v) is 4.83. The lowest BCUT2D eigenvalue weighted by molar-refractivity contribution is -0.139. The summed E-state index contributed by atoms with van der Waals surface area (Å²) in [5.74, 6) is -0.894. The van der Waals surface area contributed by atoms with Gasteiger partial charge in [0.1, 0.15) is 13.1 Å². The Bertz CT molecular complexity index is 1150. The zero-order valence-electron chi connectivity index (χ0n) is 19.5. The van der Waals surface area contributed by atoms with Crippen LogP contribution in [-0.2, 0) is 30.4 Å². The summed E-state index contributed by atoms with van der Waals surface area (Å²) in [4.78, 5) is 53.3. The van der Waals surface area contributed by atoms with Crippen LogP contribution in [0.15, 0.2) is 35.4 Å². The lowest BCUT2D eigenvalue weighted by atomic mass is 10.1. The molecule has 0 saturated carbocycles. The van der Waals surface area contributed by atoms with Crippen molar-refractivity contribution in [3.8, 4) is 0 Å². The van der Waals surface area contributed by atoms with E-state index in [1.165, 1.54) is 0 Å². The van der Waals surface area contributed by atoms with Crippen molar-refractivity contribution in [1.29, 1.82) is 0 Å². The number of nitrogens with one attached hydrogen (secondary N) is 1. The number of imide groups is 1. The molecule has 0 atom stereocenters. The minimum absolute atomic E-state index is 0.122. The van der Waals surface area contributed by atoms with Crippen molar-refractivity contribution in [2.24, 2.45) is 0 Å². The molecule has 11 heteroatoms. The van der Waals surface area contributed by atoms with E-state index in [-0.39, 0.29) is 29.8 Å². The molecule has 0 bridgehead atoms. The molecule has 2 aliphatic rings. The number of thioether (sulfide) groups is 1. The number of benzene rings is 1. The quantitative estimate of drug-likeness (QED) is 0.412. The number of ether oxygens (including phenoxy) is 2. The number of amides is 4. The first-order valence-corrected chi connectivity index (χ1v) is 12.2. The number of para-hydroxylation sites is 1. The maximum Gasteiger partial charge on any atom is 0.294 e. The van der Waals surface area contributed by atoms with Gasteiger partial charge >= 0.3 is 0 Å². The van der Waals surface area contributed by atoms with Gasteiger partial charge in [0.25, 0.3) is 11.1 Å². The van der Waals surface area contributed by atoms with Gasteiger partial charge in [-0.25, -0.2) is 0 Å². The van der Waals surface area contributed by atoms with Crippen LogP contribution in [0.2, 0.25) is 0 Å². The third kappa shape index (κ3) is 5.92. The zero-order chi connectivity index (χ0) is 24.8. The minimum Gasteiger partial charge on any atom is -0.385 e. The summed E-state index contributed by atoms with van der Waals surface area (Å²) >= 11 is 0.815. The number of methoxy groups -OCH3 is 1. The van der Waals surface area contributed by atoms with Crippen LogP contribution in [0.4, 0.5) is 4.79 Å². The topological polar surface area (TPSA) is 110 Å².